The fourth-order valence-electron chi connectivity index (χ4n) is 6.37. The third-order valence-corrected chi connectivity index (χ3v) is 10.4. The molecule has 3 aliphatic rings. The molecule has 0 aliphatic carbocycles. The maximum atomic E-state index is 14.3. The number of anilines is 2. The second-order valence-corrected chi connectivity index (χ2v) is 14.6. The number of nitro benzene ring substituents is 1. The summed E-state index contributed by atoms with van der Waals surface area (Å²) in [6, 6.07) is 11.6. The van der Waals surface area contributed by atoms with Crippen LogP contribution in [0, 0.1) is 16.0 Å². The fourth-order valence-corrected chi connectivity index (χ4v) is 8.97. The van der Waals surface area contributed by atoms with Crippen molar-refractivity contribution >= 4 is 37.4 Å². The van der Waals surface area contributed by atoms with Gasteiger partial charge >= 0.3 is 6.09 Å². The normalized spacial score (nSPS) is 26.8. The number of non-ortho nitro benzene ring substituents is 1. The van der Waals surface area contributed by atoms with Crippen molar-refractivity contribution in [2.75, 3.05) is 29.6 Å². The van der Waals surface area contributed by atoms with E-state index >= 15 is 0 Å². The third kappa shape index (κ3) is 4.08. The van der Waals surface area contributed by atoms with E-state index in [0.717, 1.165) is 5.56 Å². The molecule has 0 aromatic heterocycles. The number of amides is 2. The topological polar surface area (TPSA) is 143 Å². The molecule has 2 saturated heterocycles. The monoisotopic (exact) mass is 541 g/mol. The summed E-state index contributed by atoms with van der Waals surface area (Å²) in [5.74, 6) is -0.857. The molecule has 202 valence electrons. The van der Waals surface area contributed by atoms with Gasteiger partial charge in [0.25, 0.3) is 11.6 Å². The van der Waals surface area contributed by atoms with Gasteiger partial charge in [0.15, 0.2) is 13.9 Å². The number of carbonyl (C=O) groups is 2. The van der Waals surface area contributed by atoms with E-state index < -0.39 is 37.0 Å². The predicted octanol–water partition coefficient (Wildman–Crippen LogP) is 3.28. The van der Waals surface area contributed by atoms with Crippen molar-refractivity contribution in [1.82, 2.24) is 0 Å². The van der Waals surface area contributed by atoms with Gasteiger partial charge in [-0.05, 0) is 43.3 Å². The van der Waals surface area contributed by atoms with Crippen molar-refractivity contribution in [2.45, 2.75) is 50.2 Å². The number of carbonyl (C=O) groups excluding carboxylic acids is 2. The Hall–Kier alpha value is -3.32. The molecule has 0 radical (unpaired) electrons. The molecule has 1 spiro atoms. The second kappa shape index (κ2) is 9.45. The number of benzene rings is 2. The largest absolute Gasteiger partial charge is 0.447 e. The summed E-state index contributed by atoms with van der Waals surface area (Å²) in [4.78, 5) is 51.8. The second-order valence-electron chi connectivity index (χ2n) is 10.7. The zero-order chi connectivity index (χ0) is 27.4. The van der Waals surface area contributed by atoms with Crippen molar-refractivity contribution in [3.63, 3.8) is 0 Å². The molecule has 2 N–H and O–H groups in total. The first-order valence-electron chi connectivity index (χ1n) is 12.6. The Morgan fingerprint density at radius 3 is 2.61 bits per heavy atom. The minimum Gasteiger partial charge on any atom is -0.447 e. The standard InChI is InChI=1S/C26H31N3O8Si/c1-16-23(38(2,3)35)22(9-11-30)37-26(16)20-14-19(29(33)34)7-8-21(20)28(24(26)31)15-17-5-4-6-18(13-17)27-10-12-36-25(27)32/h4-8,13-14,16,22-23,30,35H,9-12,15H2,1-3H3/t16-,22+,23-,26+/m0/s1. The summed E-state index contributed by atoms with van der Waals surface area (Å²) in [5, 5.41) is 21.4. The van der Waals surface area contributed by atoms with Crippen LogP contribution in [0.2, 0.25) is 18.6 Å². The van der Waals surface area contributed by atoms with Gasteiger partial charge in [0, 0.05) is 41.4 Å². The van der Waals surface area contributed by atoms with Crippen molar-refractivity contribution in [2.24, 2.45) is 5.92 Å². The van der Waals surface area contributed by atoms with Gasteiger partial charge in [-0.2, -0.15) is 0 Å². The highest BCUT2D eigenvalue weighted by molar-refractivity contribution is 6.71. The van der Waals surface area contributed by atoms with Crippen LogP contribution in [-0.2, 0) is 26.4 Å². The summed E-state index contributed by atoms with van der Waals surface area (Å²) in [6.45, 7) is 6.10. The van der Waals surface area contributed by atoms with Gasteiger partial charge in [0.2, 0.25) is 0 Å². The molecule has 3 aliphatic heterocycles. The predicted molar refractivity (Wildman–Crippen MR) is 140 cm³/mol. The smallest absolute Gasteiger partial charge is 0.414 e. The molecular weight excluding hydrogens is 510 g/mol. The zero-order valence-corrected chi connectivity index (χ0v) is 22.5. The van der Waals surface area contributed by atoms with Crippen LogP contribution in [0.25, 0.3) is 0 Å². The molecule has 2 fully saturated rings. The van der Waals surface area contributed by atoms with Crippen LogP contribution < -0.4 is 9.80 Å². The van der Waals surface area contributed by atoms with E-state index in [1.54, 1.807) is 36.2 Å². The van der Waals surface area contributed by atoms with Crippen LogP contribution in [0.15, 0.2) is 42.5 Å². The van der Waals surface area contributed by atoms with Gasteiger partial charge in [-0.3, -0.25) is 19.8 Å². The Bertz CT molecular complexity index is 1300. The number of cyclic esters (lactones) is 1. The fraction of sp³-hybridized carbons (Fsp3) is 0.462. The highest BCUT2D eigenvalue weighted by Gasteiger charge is 2.66. The maximum absolute atomic E-state index is 14.3. The summed E-state index contributed by atoms with van der Waals surface area (Å²) >= 11 is 0. The van der Waals surface area contributed by atoms with Crippen molar-refractivity contribution in [3.05, 3.63) is 63.7 Å². The van der Waals surface area contributed by atoms with Crippen LogP contribution in [0.5, 0.6) is 0 Å². The first-order chi connectivity index (χ1) is 18.0. The summed E-state index contributed by atoms with van der Waals surface area (Å²) in [5.41, 5.74) is 0.224. The Balaban J connectivity index is 1.58. The average Bonchev–Trinajstić information content (AvgIpc) is 3.49. The zero-order valence-electron chi connectivity index (χ0n) is 21.5. The molecule has 11 nitrogen and oxygen atoms in total. The molecule has 2 amide bonds. The van der Waals surface area contributed by atoms with Crippen LogP contribution in [0.1, 0.15) is 24.5 Å². The van der Waals surface area contributed by atoms with E-state index in [4.69, 9.17) is 9.47 Å². The van der Waals surface area contributed by atoms with E-state index in [1.807, 2.05) is 19.1 Å². The molecule has 12 heteroatoms. The molecule has 3 heterocycles. The molecule has 5 rings (SSSR count). The lowest BCUT2D eigenvalue weighted by atomic mass is 9.82. The highest BCUT2D eigenvalue weighted by Crippen LogP contribution is 2.60. The number of ether oxygens (including phenoxy) is 2. The number of nitro groups is 1. The quantitative estimate of drug-likeness (QED) is 0.309. The number of aliphatic hydroxyl groups is 1. The van der Waals surface area contributed by atoms with E-state index in [2.05, 4.69) is 0 Å². The molecular formula is C26H31N3O8Si. The van der Waals surface area contributed by atoms with Gasteiger partial charge in [0.1, 0.15) is 6.61 Å². The molecule has 0 unspecified atom stereocenters. The molecule has 2 aromatic rings. The lowest BCUT2D eigenvalue weighted by Crippen LogP contribution is -2.46. The van der Waals surface area contributed by atoms with Crippen molar-refractivity contribution in [3.8, 4) is 0 Å². The van der Waals surface area contributed by atoms with E-state index in [-0.39, 0.29) is 36.7 Å². The van der Waals surface area contributed by atoms with Gasteiger partial charge in [0.05, 0.1) is 29.8 Å². The van der Waals surface area contributed by atoms with E-state index in [9.17, 15) is 29.6 Å². The average molecular weight is 542 g/mol. The minimum absolute atomic E-state index is 0.146. The summed E-state index contributed by atoms with van der Waals surface area (Å²) < 4.78 is 11.5. The van der Waals surface area contributed by atoms with Crippen molar-refractivity contribution < 1.29 is 33.9 Å². The molecule has 2 aromatic carbocycles. The first kappa shape index (κ1) is 26.3. The molecule has 38 heavy (non-hydrogen) atoms. The van der Waals surface area contributed by atoms with E-state index in [1.165, 1.54) is 17.0 Å². The van der Waals surface area contributed by atoms with Gasteiger partial charge in [-0.15, -0.1) is 0 Å². The number of aliphatic hydroxyl groups excluding tert-OH is 1. The number of fused-ring (bicyclic) bond motifs is 2. The number of nitrogens with zero attached hydrogens (tertiary/aromatic N) is 3. The Labute approximate surface area is 220 Å². The Kier molecular flexibility index (Phi) is 6.54. The SMILES string of the molecule is C[C@H]1[C@H]([Si](C)(C)O)[C@@H](CCO)O[C@]12C(=O)N(Cc1cccc(N3CCOC3=O)c1)c1ccc([N+](=O)[O-])cc12. The molecule has 4 atom stereocenters. The first-order valence-corrected chi connectivity index (χ1v) is 15.7. The Morgan fingerprint density at radius 2 is 1.97 bits per heavy atom. The minimum atomic E-state index is -2.88. The van der Waals surface area contributed by atoms with Gasteiger partial charge in [-0.1, -0.05) is 19.1 Å². The molecule has 0 saturated carbocycles. The number of hydrogen-bond donors (Lipinski definition) is 2. The van der Waals surface area contributed by atoms with Crippen molar-refractivity contribution in [1.29, 1.82) is 0 Å². The van der Waals surface area contributed by atoms with Gasteiger partial charge < -0.3 is 24.3 Å². The number of rotatable bonds is 7. The molecule has 0 bridgehead atoms. The van der Waals surface area contributed by atoms with Crippen LogP contribution in [-0.4, -0.2) is 61.0 Å². The Morgan fingerprint density at radius 1 is 1.21 bits per heavy atom. The third-order valence-electron chi connectivity index (χ3n) is 7.92. The van der Waals surface area contributed by atoms with Crippen LogP contribution >= 0.6 is 0 Å². The lowest BCUT2D eigenvalue weighted by molar-refractivity contribution is -0.385. The highest BCUT2D eigenvalue weighted by atomic mass is 28.4. The van der Waals surface area contributed by atoms with E-state index in [0.29, 0.717) is 30.1 Å². The van der Waals surface area contributed by atoms with Crippen LogP contribution in [0.3, 0.4) is 0 Å². The summed E-state index contributed by atoms with van der Waals surface area (Å²) in [7, 11) is -2.88. The van der Waals surface area contributed by atoms with Gasteiger partial charge in [-0.25, -0.2) is 4.79 Å². The van der Waals surface area contributed by atoms with Crippen LogP contribution in [0.4, 0.5) is 21.9 Å². The lowest BCUT2D eigenvalue weighted by Gasteiger charge is -2.32. The number of hydrogen-bond acceptors (Lipinski definition) is 8. The maximum Gasteiger partial charge on any atom is 0.414 e. The summed E-state index contributed by atoms with van der Waals surface area (Å²) in [6.07, 6.45) is -0.776.